The van der Waals surface area contributed by atoms with Gasteiger partial charge >= 0.3 is 0 Å². The molecule has 1 amide bonds. The van der Waals surface area contributed by atoms with Crippen molar-refractivity contribution in [3.63, 3.8) is 0 Å². The van der Waals surface area contributed by atoms with Gasteiger partial charge in [0.2, 0.25) is 21.8 Å². The number of nitrogens with zero attached hydrogens (tertiary/aromatic N) is 5. The van der Waals surface area contributed by atoms with Crippen molar-refractivity contribution in [2.75, 3.05) is 13.1 Å². The van der Waals surface area contributed by atoms with E-state index in [2.05, 4.69) is 15.4 Å². The highest BCUT2D eigenvalue weighted by atomic mass is 32.2. The number of sulfonamides is 1. The smallest absolute Gasteiger partial charge is 0.244 e. The fourth-order valence-corrected chi connectivity index (χ4v) is 5.72. The van der Waals surface area contributed by atoms with Crippen LogP contribution in [0.2, 0.25) is 0 Å². The highest BCUT2D eigenvalue weighted by Gasteiger charge is 2.39. The molecule has 0 saturated carbocycles. The van der Waals surface area contributed by atoms with Crippen LogP contribution < -0.4 is 10.1 Å². The summed E-state index contributed by atoms with van der Waals surface area (Å²) in [7, 11) is -3.84. The first-order valence-corrected chi connectivity index (χ1v) is 12.5. The van der Waals surface area contributed by atoms with E-state index in [0.717, 1.165) is 0 Å². The second kappa shape index (κ2) is 9.59. The average Bonchev–Trinajstić information content (AvgIpc) is 3.34. The zero-order valence-corrected chi connectivity index (χ0v) is 20.3. The van der Waals surface area contributed by atoms with Crippen LogP contribution in [0, 0.1) is 23.2 Å². The van der Waals surface area contributed by atoms with Gasteiger partial charge in [-0.25, -0.2) is 17.8 Å². The number of aromatic nitrogens is 3. The van der Waals surface area contributed by atoms with Crippen LogP contribution in [0.15, 0.2) is 41.4 Å². The highest BCUT2D eigenvalue weighted by molar-refractivity contribution is 7.89. The summed E-state index contributed by atoms with van der Waals surface area (Å²) in [5.74, 6) is -0.820. The van der Waals surface area contributed by atoms with Gasteiger partial charge in [0.1, 0.15) is 10.7 Å². The van der Waals surface area contributed by atoms with Gasteiger partial charge in [0, 0.05) is 24.5 Å². The third-order valence-corrected chi connectivity index (χ3v) is 7.64. The van der Waals surface area contributed by atoms with E-state index in [1.54, 1.807) is 10.9 Å². The second-order valence-electron chi connectivity index (χ2n) is 8.75. The Morgan fingerprint density at radius 2 is 2.09 bits per heavy atom. The molecule has 1 saturated heterocycles. The summed E-state index contributed by atoms with van der Waals surface area (Å²) in [6.45, 7) is 5.95. The van der Waals surface area contributed by atoms with E-state index in [9.17, 15) is 17.6 Å². The molecule has 3 heterocycles. The van der Waals surface area contributed by atoms with Gasteiger partial charge in [0.15, 0.2) is 6.19 Å². The Bertz CT molecular complexity index is 1400. The Morgan fingerprint density at radius 3 is 2.74 bits per heavy atom. The van der Waals surface area contributed by atoms with E-state index >= 15 is 0 Å². The SMILES string of the molecule is CC(C)Oc1ccc(S(=O)(=O)N2C[C@@H](C)[C@@H](n3nc(CC(=O)NC#N)c4ccc(F)cc43)C2)cn1. The third kappa shape index (κ3) is 4.96. The topological polar surface area (TPSA) is 130 Å². The first-order chi connectivity index (χ1) is 16.6. The summed E-state index contributed by atoms with van der Waals surface area (Å²) in [4.78, 5) is 16.1. The van der Waals surface area contributed by atoms with Crippen molar-refractivity contribution in [3.8, 4) is 12.1 Å². The molecule has 35 heavy (non-hydrogen) atoms. The van der Waals surface area contributed by atoms with Gasteiger partial charge in [0.05, 0.1) is 36.0 Å². The molecule has 1 aliphatic rings. The maximum absolute atomic E-state index is 14.1. The predicted octanol–water partition coefficient (Wildman–Crippen LogP) is 2.38. The van der Waals surface area contributed by atoms with Crippen LogP contribution in [0.25, 0.3) is 10.9 Å². The lowest BCUT2D eigenvalue weighted by molar-refractivity contribution is -0.119. The van der Waals surface area contributed by atoms with Crippen LogP contribution in [0.4, 0.5) is 4.39 Å². The van der Waals surface area contributed by atoms with Crippen molar-refractivity contribution >= 4 is 26.8 Å². The fourth-order valence-electron chi connectivity index (χ4n) is 4.22. The molecule has 1 aromatic carbocycles. The molecular weight excluding hydrogens is 475 g/mol. The Morgan fingerprint density at radius 1 is 1.31 bits per heavy atom. The minimum Gasteiger partial charge on any atom is -0.475 e. The van der Waals surface area contributed by atoms with Crippen molar-refractivity contribution < 1.29 is 22.3 Å². The predicted molar refractivity (Wildman–Crippen MR) is 124 cm³/mol. The number of benzene rings is 1. The van der Waals surface area contributed by atoms with Gasteiger partial charge in [-0.2, -0.15) is 14.7 Å². The summed E-state index contributed by atoms with van der Waals surface area (Å²) in [6, 6.07) is 6.71. The molecule has 1 fully saturated rings. The van der Waals surface area contributed by atoms with Crippen LogP contribution in [0.5, 0.6) is 5.88 Å². The Balaban J connectivity index is 1.64. The fraction of sp³-hybridized carbons (Fsp3) is 0.391. The standard InChI is InChI=1S/C23H25FN6O4S/c1-14(2)34-23-7-5-17(10-26-23)35(32,33)29-11-15(3)21(12-29)30-20-8-16(24)4-6-18(20)19(28-30)9-22(31)27-13-25/h4-8,10,14-15,21H,9,11-12H2,1-3H3,(H,27,31)/t15-,21+/m1/s1. The van der Waals surface area contributed by atoms with E-state index in [1.807, 2.05) is 20.8 Å². The maximum atomic E-state index is 14.1. The number of carbonyl (C=O) groups is 1. The molecule has 10 nitrogen and oxygen atoms in total. The monoisotopic (exact) mass is 500 g/mol. The van der Waals surface area contributed by atoms with Crippen LogP contribution in [-0.4, -0.2) is 52.6 Å². The molecular formula is C23H25FN6O4S. The van der Waals surface area contributed by atoms with Gasteiger partial charge < -0.3 is 4.74 Å². The molecule has 184 valence electrons. The molecule has 2 atom stereocenters. The first kappa shape index (κ1) is 24.6. The van der Waals surface area contributed by atoms with Crippen LogP contribution in [0.1, 0.15) is 32.5 Å². The van der Waals surface area contributed by atoms with E-state index in [1.165, 1.54) is 40.8 Å². The zero-order valence-electron chi connectivity index (χ0n) is 19.5. The van der Waals surface area contributed by atoms with Gasteiger partial charge in [-0.05, 0) is 44.0 Å². The third-order valence-electron chi connectivity index (χ3n) is 5.83. The van der Waals surface area contributed by atoms with Crippen molar-refractivity contribution in [2.24, 2.45) is 5.92 Å². The van der Waals surface area contributed by atoms with Crippen molar-refractivity contribution in [3.05, 3.63) is 48.0 Å². The van der Waals surface area contributed by atoms with E-state index in [-0.39, 0.29) is 36.4 Å². The minimum absolute atomic E-state index is 0.0479. The summed E-state index contributed by atoms with van der Waals surface area (Å²) < 4.78 is 49.1. The molecule has 0 bridgehead atoms. The number of halogens is 1. The second-order valence-corrected chi connectivity index (χ2v) is 10.7. The summed E-state index contributed by atoms with van der Waals surface area (Å²) >= 11 is 0. The Hall–Kier alpha value is -3.56. The van der Waals surface area contributed by atoms with Crippen molar-refractivity contribution in [1.29, 1.82) is 5.26 Å². The molecule has 2 aromatic heterocycles. The normalized spacial score (nSPS) is 18.6. The number of amides is 1. The van der Waals surface area contributed by atoms with E-state index in [0.29, 0.717) is 22.5 Å². The number of hydrogen-bond donors (Lipinski definition) is 1. The molecule has 1 aliphatic heterocycles. The lowest BCUT2D eigenvalue weighted by Gasteiger charge is -2.18. The van der Waals surface area contributed by atoms with E-state index in [4.69, 9.17) is 10.00 Å². The molecule has 0 aliphatic carbocycles. The lowest BCUT2D eigenvalue weighted by atomic mass is 10.1. The lowest BCUT2D eigenvalue weighted by Crippen LogP contribution is -2.29. The number of rotatable bonds is 7. The Labute approximate surface area is 202 Å². The number of fused-ring (bicyclic) bond motifs is 1. The number of hydrogen-bond acceptors (Lipinski definition) is 7. The molecule has 1 N–H and O–H groups in total. The summed E-state index contributed by atoms with van der Waals surface area (Å²) in [5.41, 5.74) is 0.837. The molecule has 0 unspecified atom stereocenters. The van der Waals surface area contributed by atoms with Gasteiger partial charge in [-0.15, -0.1) is 0 Å². The van der Waals surface area contributed by atoms with Crippen molar-refractivity contribution in [2.45, 2.75) is 44.2 Å². The van der Waals surface area contributed by atoms with Crippen molar-refractivity contribution in [1.82, 2.24) is 24.4 Å². The van der Waals surface area contributed by atoms with Gasteiger partial charge in [0.25, 0.3) is 0 Å². The summed E-state index contributed by atoms with van der Waals surface area (Å²) in [6.07, 6.45) is 2.60. The zero-order chi connectivity index (χ0) is 25.3. The highest BCUT2D eigenvalue weighted by Crippen LogP contribution is 2.35. The van der Waals surface area contributed by atoms with Crippen LogP contribution >= 0.6 is 0 Å². The number of nitrogens with one attached hydrogen (secondary N) is 1. The van der Waals surface area contributed by atoms with Crippen LogP contribution in [0.3, 0.4) is 0 Å². The number of nitriles is 1. The Kier molecular flexibility index (Phi) is 6.73. The molecule has 4 rings (SSSR count). The summed E-state index contributed by atoms with van der Waals surface area (Å²) in [5, 5.41) is 15.9. The largest absolute Gasteiger partial charge is 0.475 e. The van der Waals surface area contributed by atoms with Gasteiger partial charge in [-0.3, -0.25) is 14.8 Å². The van der Waals surface area contributed by atoms with Crippen LogP contribution in [-0.2, 0) is 21.2 Å². The van der Waals surface area contributed by atoms with E-state index < -0.39 is 27.8 Å². The average molecular weight is 501 g/mol. The first-order valence-electron chi connectivity index (χ1n) is 11.1. The number of carbonyl (C=O) groups excluding carboxylic acids is 1. The minimum atomic E-state index is -3.84. The quantitative estimate of drug-likeness (QED) is 0.389. The maximum Gasteiger partial charge on any atom is 0.244 e. The molecule has 3 aromatic rings. The number of pyridine rings is 1. The molecule has 0 spiro atoms. The number of ether oxygens (including phenoxy) is 1. The molecule has 12 heteroatoms. The molecule has 0 radical (unpaired) electrons. The van der Waals surface area contributed by atoms with Gasteiger partial charge in [-0.1, -0.05) is 6.92 Å².